The fraction of sp³-hybridized carbons (Fsp3) is 1.00. The molecule has 2 N–H and O–H groups in total. The first kappa shape index (κ1) is 13.3. The van der Waals surface area contributed by atoms with Gasteiger partial charge in [-0.1, -0.05) is 13.8 Å². The predicted octanol–water partition coefficient (Wildman–Crippen LogP) is 1.53. The Hall–Kier alpha value is -0.120. The van der Waals surface area contributed by atoms with Crippen molar-refractivity contribution in [3.8, 4) is 0 Å². The summed E-state index contributed by atoms with van der Waals surface area (Å²) in [5.74, 6) is 0. The molecule has 1 aliphatic heterocycles. The Bertz CT molecular complexity index is 262. The maximum Gasteiger partial charge on any atom is 0.0253 e. The molecule has 0 aromatic rings. The molecule has 1 saturated carbocycles. The van der Waals surface area contributed by atoms with Crippen molar-refractivity contribution in [2.45, 2.75) is 57.7 Å². The van der Waals surface area contributed by atoms with E-state index < -0.39 is 0 Å². The molecule has 17 heavy (non-hydrogen) atoms. The molecule has 1 saturated heterocycles. The molecule has 3 heteroatoms. The summed E-state index contributed by atoms with van der Waals surface area (Å²) in [6.07, 6.45) is 5.23. The summed E-state index contributed by atoms with van der Waals surface area (Å²) < 4.78 is 0. The van der Waals surface area contributed by atoms with E-state index in [2.05, 4.69) is 37.7 Å². The second kappa shape index (κ2) is 4.87. The Morgan fingerprint density at radius 3 is 2.47 bits per heavy atom. The van der Waals surface area contributed by atoms with Crippen molar-refractivity contribution in [1.29, 1.82) is 0 Å². The van der Waals surface area contributed by atoms with Crippen molar-refractivity contribution in [2.75, 3.05) is 27.2 Å². The molecule has 0 aromatic carbocycles. The van der Waals surface area contributed by atoms with Gasteiger partial charge in [-0.05, 0) is 51.7 Å². The number of nitrogens with zero attached hydrogens (tertiary/aromatic N) is 2. The lowest BCUT2D eigenvalue weighted by molar-refractivity contribution is 0.0843. The van der Waals surface area contributed by atoms with Crippen molar-refractivity contribution in [3.05, 3.63) is 0 Å². The molecular weight excluding hydrogens is 210 g/mol. The Kier molecular flexibility index (Phi) is 3.81. The zero-order valence-electron chi connectivity index (χ0n) is 11.9. The standard InChI is InChI=1S/C14H29N3/c1-14(2)8-7-12(13(14)15)17-9-5-6-11(10-17)16(3)4/h11-13H,5-10,15H2,1-4H3. The van der Waals surface area contributed by atoms with E-state index in [9.17, 15) is 0 Å². The third-order valence-corrected chi connectivity index (χ3v) is 5.03. The van der Waals surface area contributed by atoms with E-state index in [4.69, 9.17) is 5.73 Å². The van der Waals surface area contributed by atoms with Crippen LogP contribution in [0.1, 0.15) is 39.5 Å². The van der Waals surface area contributed by atoms with E-state index >= 15 is 0 Å². The van der Waals surface area contributed by atoms with Crippen LogP contribution in [-0.2, 0) is 0 Å². The smallest absolute Gasteiger partial charge is 0.0253 e. The first-order valence-corrected chi connectivity index (χ1v) is 7.08. The lowest BCUT2D eigenvalue weighted by Crippen LogP contribution is -2.55. The number of nitrogens with two attached hydrogens (primary N) is 1. The van der Waals surface area contributed by atoms with Crippen molar-refractivity contribution in [3.63, 3.8) is 0 Å². The summed E-state index contributed by atoms with van der Waals surface area (Å²) >= 11 is 0. The number of hydrogen-bond donors (Lipinski definition) is 1. The van der Waals surface area contributed by atoms with Crippen LogP contribution in [0, 0.1) is 5.41 Å². The van der Waals surface area contributed by atoms with E-state index in [1.807, 2.05) is 0 Å². The van der Waals surface area contributed by atoms with Gasteiger partial charge in [-0.15, -0.1) is 0 Å². The van der Waals surface area contributed by atoms with Crippen LogP contribution in [-0.4, -0.2) is 55.1 Å². The average molecular weight is 239 g/mol. The van der Waals surface area contributed by atoms with Crippen LogP contribution >= 0.6 is 0 Å². The Labute approximate surface area is 106 Å². The number of likely N-dealkylation sites (N-methyl/N-ethyl adjacent to an activating group) is 1. The minimum Gasteiger partial charge on any atom is -0.326 e. The highest BCUT2D eigenvalue weighted by Gasteiger charge is 2.43. The van der Waals surface area contributed by atoms with Crippen LogP contribution in [0.15, 0.2) is 0 Å². The van der Waals surface area contributed by atoms with Crippen LogP contribution in [0.5, 0.6) is 0 Å². The van der Waals surface area contributed by atoms with Gasteiger partial charge in [0.2, 0.25) is 0 Å². The largest absolute Gasteiger partial charge is 0.326 e. The minimum absolute atomic E-state index is 0.329. The summed E-state index contributed by atoms with van der Waals surface area (Å²) in [6.45, 7) is 7.11. The molecule has 3 atom stereocenters. The number of rotatable bonds is 2. The summed E-state index contributed by atoms with van der Waals surface area (Å²) in [5, 5.41) is 0. The van der Waals surface area contributed by atoms with Crippen molar-refractivity contribution in [1.82, 2.24) is 9.80 Å². The molecule has 1 aliphatic carbocycles. The SMILES string of the molecule is CN(C)C1CCCN(C2CCC(C)(C)C2N)C1. The summed E-state index contributed by atoms with van der Waals surface area (Å²) in [5.41, 5.74) is 6.78. The van der Waals surface area contributed by atoms with Crippen molar-refractivity contribution in [2.24, 2.45) is 11.1 Å². The Balaban J connectivity index is 1.99. The molecule has 0 aromatic heterocycles. The lowest BCUT2D eigenvalue weighted by Gasteiger charge is -2.41. The third-order valence-electron chi connectivity index (χ3n) is 5.03. The van der Waals surface area contributed by atoms with Crippen LogP contribution in [0.3, 0.4) is 0 Å². The van der Waals surface area contributed by atoms with Gasteiger partial charge in [-0.3, -0.25) is 4.90 Å². The fourth-order valence-electron chi connectivity index (χ4n) is 3.50. The molecule has 2 rings (SSSR count). The van der Waals surface area contributed by atoms with E-state index in [1.54, 1.807) is 0 Å². The molecule has 2 fully saturated rings. The monoisotopic (exact) mass is 239 g/mol. The van der Waals surface area contributed by atoms with Gasteiger partial charge < -0.3 is 10.6 Å². The lowest BCUT2D eigenvalue weighted by atomic mass is 9.86. The fourth-order valence-corrected chi connectivity index (χ4v) is 3.50. The molecule has 2 aliphatic rings. The number of piperidine rings is 1. The van der Waals surface area contributed by atoms with E-state index in [0.717, 1.165) is 6.04 Å². The Morgan fingerprint density at radius 2 is 1.94 bits per heavy atom. The van der Waals surface area contributed by atoms with Gasteiger partial charge in [-0.2, -0.15) is 0 Å². The van der Waals surface area contributed by atoms with E-state index in [-0.39, 0.29) is 0 Å². The predicted molar refractivity (Wildman–Crippen MR) is 73.1 cm³/mol. The molecule has 1 heterocycles. The second-order valence-corrected chi connectivity index (χ2v) is 6.87. The first-order valence-electron chi connectivity index (χ1n) is 7.08. The van der Waals surface area contributed by atoms with Crippen molar-refractivity contribution < 1.29 is 0 Å². The van der Waals surface area contributed by atoms with Crippen LogP contribution < -0.4 is 5.73 Å². The highest BCUT2D eigenvalue weighted by molar-refractivity contribution is 5.00. The van der Waals surface area contributed by atoms with Gasteiger partial charge in [0.15, 0.2) is 0 Å². The summed E-state index contributed by atoms with van der Waals surface area (Å²) in [4.78, 5) is 5.03. The second-order valence-electron chi connectivity index (χ2n) is 6.87. The molecular formula is C14H29N3. The first-order chi connectivity index (χ1) is 7.92. The normalized spacial score (nSPS) is 38.8. The maximum atomic E-state index is 6.45. The summed E-state index contributed by atoms with van der Waals surface area (Å²) in [6, 6.07) is 1.69. The van der Waals surface area contributed by atoms with Gasteiger partial charge in [0, 0.05) is 24.7 Å². The molecule has 3 nitrogen and oxygen atoms in total. The minimum atomic E-state index is 0.329. The van der Waals surface area contributed by atoms with Gasteiger partial charge in [-0.25, -0.2) is 0 Å². The Morgan fingerprint density at radius 1 is 1.24 bits per heavy atom. The third kappa shape index (κ3) is 2.67. The summed E-state index contributed by atoms with van der Waals surface area (Å²) in [7, 11) is 4.40. The molecule has 0 bridgehead atoms. The maximum absolute atomic E-state index is 6.45. The van der Waals surface area contributed by atoms with Crippen molar-refractivity contribution >= 4 is 0 Å². The number of likely N-dealkylation sites (tertiary alicyclic amines) is 1. The molecule has 0 spiro atoms. The van der Waals surface area contributed by atoms with Crippen LogP contribution in [0.4, 0.5) is 0 Å². The van der Waals surface area contributed by atoms with E-state index in [0.29, 0.717) is 17.5 Å². The topological polar surface area (TPSA) is 32.5 Å². The highest BCUT2D eigenvalue weighted by atomic mass is 15.2. The quantitative estimate of drug-likeness (QED) is 0.793. The molecule has 0 amide bonds. The van der Waals surface area contributed by atoms with Crippen LogP contribution in [0.2, 0.25) is 0 Å². The number of hydrogen-bond acceptors (Lipinski definition) is 3. The molecule has 3 unspecified atom stereocenters. The van der Waals surface area contributed by atoms with E-state index in [1.165, 1.54) is 38.8 Å². The van der Waals surface area contributed by atoms with Gasteiger partial charge in [0.25, 0.3) is 0 Å². The zero-order chi connectivity index (χ0) is 12.6. The van der Waals surface area contributed by atoms with Gasteiger partial charge in [0.05, 0.1) is 0 Å². The molecule has 0 radical (unpaired) electrons. The highest BCUT2D eigenvalue weighted by Crippen LogP contribution is 2.39. The average Bonchev–Trinajstić information content (AvgIpc) is 2.54. The van der Waals surface area contributed by atoms with Gasteiger partial charge >= 0.3 is 0 Å². The molecule has 100 valence electrons. The van der Waals surface area contributed by atoms with Gasteiger partial charge in [0.1, 0.15) is 0 Å². The zero-order valence-corrected chi connectivity index (χ0v) is 11.9. The van der Waals surface area contributed by atoms with Crippen LogP contribution in [0.25, 0.3) is 0 Å².